The molecule has 24 heavy (non-hydrogen) atoms. The van der Waals surface area contributed by atoms with E-state index in [1.807, 2.05) is 35.2 Å². The summed E-state index contributed by atoms with van der Waals surface area (Å²) in [7, 11) is 1.60. The summed E-state index contributed by atoms with van der Waals surface area (Å²) >= 11 is 0. The van der Waals surface area contributed by atoms with Gasteiger partial charge in [0.15, 0.2) is 0 Å². The minimum atomic E-state index is -0.141. The Bertz CT molecular complexity index is 845. The fourth-order valence-electron chi connectivity index (χ4n) is 3.49. The van der Waals surface area contributed by atoms with Crippen LogP contribution < -0.4 is 15.0 Å². The summed E-state index contributed by atoms with van der Waals surface area (Å²) in [6.45, 7) is 0.724. The maximum absolute atomic E-state index is 12.6. The van der Waals surface area contributed by atoms with Gasteiger partial charge in [-0.2, -0.15) is 0 Å². The summed E-state index contributed by atoms with van der Waals surface area (Å²) in [5.74, 6) is 0.749. The van der Waals surface area contributed by atoms with Crippen LogP contribution in [0.15, 0.2) is 36.4 Å². The predicted molar refractivity (Wildman–Crippen MR) is 91.8 cm³/mol. The Morgan fingerprint density at radius 1 is 1.12 bits per heavy atom. The van der Waals surface area contributed by atoms with Crippen molar-refractivity contribution in [2.24, 2.45) is 0 Å². The minimum Gasteiger partial charge on any atom is -0.497 e. The molecule has 5 heteroatoms. The average Bonchev–Trinajstić information content (AvgIpc) is 3.03. The van der Waals surface area contributed by atoms with Crippen molar-refractivity contribution in [3.8, 4) is 5.75 Å². The van der Waals surface area contributed by atoms with E-state index in [-0.39, 0.29) is 11.8 Å². The number of carbonyl (C=O) groups excluding carboxylic acids is 2. The number of anilines is 2. The number of nitrogens with zero attached hydrogens (tertiary/aromatic N) is 1. The molecule has 0 unspecified atom stereocenters. The van der Waals surface area contributed by atoms with E-state index in [0.717, 1.165) is 29.8 Å². The van der Waals surface area contributed by atoms with Gasteiger partial charge >= 0.3 is 0 Å². The van der Waals surface area contributed by atoms with Crippen molar-refractivity contribution in [2.75, 3.05) is 23.9 Å². The van der Waals surface area contributed by atoms with Gasteiger partial charge in [-0.1, -0.05) is 6.07 Å². The lowest BCUT2D eigenvalue weighted by Crippen LogP contribution is -2.33. The minimum absolute atomic E-state index is 0.141. The highest BCUT2D eigenvalue weighted by Crippen LogP contribution is 2.37. The highest BCUT2D eigenvalue weighted by molar-refractivity contribution is 6.06. The Hall–Kier alpha value is -2.82. The lowest BCUT2D eigenvalue weighted by Gasteiger charge is -2.25. The highest BCUT2D eigenvalue weighted by atomic mass is 16.5. The molecule has 0 bridgehead atoms. The molecule has 0 radical (unpaired) electrons. The van der Waals surface area contributed by atoms with E-state index in [2.05, 4.69) is 5.32 Å². The second-order valence-corrected chi connectivity index (χ2v) is 6.12. The first-order valence-electron chi connectivity index (χ1n) is 8.07. The maximum Gasteiger partial charge on any atom is 0.255 e. The van der Waals surface area contributed by atoms with Crippen molar-refractivity contribution in [3.05, 3.63) is 53.1 Å². The van der Waals surface area contributed by atoms with E-state index in [9.17, 15) is 9.59 Å². The molecule has 5 nitrogen and oxygen atoms in total. The first-order valence-corrected chi connectivity index (χ1v) is 8.07. The zero-order valence-electron chi connectivity index (χ0n) is 13.5. The molecule has 0 atom stereocenters. The molecular formula is C19H18N2O3. The molecule has 0 aliphatic carbocycles. The first kappa shape index (κ1) is 14.8. The fraction of sp³-hybridized carbons (Fsp3) is 0.263. The number of hydrogen-bond acceptors (Lipinski definition) is 3. The molecule has 2 aromatic rings. The Balaban J connectivity index is 1.63. The number of ether oxygens (including phenoxy) is 1. The normalized spacial score (nSPS) is 15.2. The van der Waals surface area contributed by atoms with Gasteiger partial charge in [0.1, 0.15) is 5.75 Å². The molecular weight excluding hydrogens is 304 g/mol. The molecule has 122 valence electrons. The quantitative estimate of drug-likeness (QED) is 0.945. The van der Waals surface area contributed by atoms with E-state index >= 15 is 0 Å². The maximum atomic E-state index is 12.6. The third-order valence-electron chi connectivity index (χ3n) is 4.64. The van der Waals surface area contributed by atoms with Gasteiger partial charge in [-0.05, 0) is 48.2 Å². The number of methoxy groups -OCH3 is 1. The van der Waals surface area contributed by atoms with Gasteiger partial charge < -0.3 is 15.0 Å². The molecule has 2 amide bonds. The molecule has 4 rings (SSSR count). The van der Waals surface area contributed by atoms with Crippen molar-refractivity contribution in [1.29, 1.82) is 0 Å². The van der Waals surface area contributed by atoms with Crippen LogP contribution in [0.3, 0.4) is 0 Å². The Morgan fingerprint density at radius 3 is 2.71 bits per heavy atom. The van der Waals surface area contributed by atoms with Crippen LogP contribution in [0.5, 0.6) is 5.75 Å². The fourth-order valence-corrected chi connectivity index (χ4v) is 3.49. The molecule has 2 heterocycles. The van der Waals surface area contributed by atoms with Gasteiger partial charge in [-0.15, -0.1) is 0 Å². The summed E-state index contributed by atoms with van der Waals surface area (Å²) < 4.78 is 5.18. The number of nitrogens with one attached hydrogen (secondary N) is 1. The molecule has 2 aliphatic rings. The Kier molecular flexibility index (Phi) is 3.49. The van der Waals surface area contributed by atoms with E-state index in [0.29, 0.717) is 29.8 Å². The lowest BCUT2D eigenvalue weighted by molar-refractivity contribution is -0.118. The second kappa shape index (κ2) is 5.67. The largest absolute Gasteiger partial charge is 0.497 e. The lowest BCUT2D eigenvalue weighted by atomic mass is 9.96. The first-order chi connectivity index (χ1) is 11.7. The zero-order chi connectivity index (χ0) is 16.7. The number of amides is 2. The van der Waals surface area contributed by atoms with Crippen molar-refractivity contribution >= 4 is 23.2 Å². The third kappa shape index (κ3) is 2.42. The molecule has 0 saturated carbocycles. The van der Waals surface area contributed by atoms with E-state index in [4.69, 9.17) is 4.74 Å². The van der Waals surface area contributed by atoms with Crippen molar-refractivity contribution in [1.82, 2.24) is 0 Å². The monoisotopic (exact) mass is 322 g/mol. The van der Waals surface area contributed by atoms with Gasteiger partial charge in [0, 0.05) is 30.3 Å². The summed E-state index contributed by atoms with van der Waals surface area (Å²) in [5, 5.41) is 2.91. The van der Waals surface area contributed by atoms with Crippen molar-refractivity contribution in [3.63, 3.8) is 0 Å². The van der Waals surface area contributed by atoms with Crippen LogP contribution in [0.25, 0.3) is 0 Å². The van der Waals surface area contributed by atoms with Gasteiger partial charge in [-0.25, -0.2) is 0 Å². The van der Waals surface area contributed by atoms with Crippen LogP contribution in [0.1, 0.15) is 27.9 Å². The summed E-state index contributed by atoms with van der Waals surface area (Å²) in [5.41, 5.74) is 4.56. The van der Waals surface area contributed by atoms with Crippen molar-refractivity contribution in [2.45, 2.75) is 19.3 Å². The van der Waals surface area contributed by atoms with Crippen LogP contribution in [0, 0.1) is 0 Å². The molecule has 0 spiro atoms. The van der Waals surface area contributed by atoms with Crippen LogP contribution >= 0.6 is 0 Å². The van der Waals surface area contributed by atoms with E-state index < -0.39 is 0 Å². The number of carbonyl (C=O) groups is 2. The summed E-state index contributed by atoms with van der Waals surface area (Å²) in [6, 6.07) is 11.1. The number of benzene rings is 2. The molecule has 2 aromatic carbocycles. The van der Waals surface area contributed by atoms with Gasteiger partial charge in [0.2, 0.25) is 5.91 Å². The molecule has 0 fully saturated rings. The summed E-state index contributed by atoms with van der Waals surface area (Å²) in [4.78, 5) is 26.4. The van der Waals surface area contributed by atoms with Crippen LogP contribution in [-0.2, 0) is 17.6 Å². The van der Waals surface area contributed by atoms with Crippen LogP contribution in [-0.4, -0.2) is 25.5 Å². The number of aryl methyl sites for hydroxylation is 1. The average molecular weight is 322 g/mol. The standard InChI is InChI=1S/C19H18N2O3/c1-24-16-4-2-3-15(11-16)20-19(23)14-9-12-5-6-17(22)21-8-7-13(10-14)18(12)21/h2-4,9-11H,5-8H2,1H3,(H,20,23). The zero-order valence-corrected chi connectivity index (χ0v) is 13.5. The number of hydrogen-bond donors (Lipinski definition) is 1. The van der Waals surface area contributed by atoms with E-state index in [1.54, 1.807) is 13.2 Å². The van der Waals surface area contributed by atoms with Gasteiger partial charge in [0.05, 0.1) is 12.8 Å². The molecule has 0 saturated heterocycles. The summed E-state index contributed by atoms with van der Waals surface area (Å²) in [6.07, 6.45) is 2.04. The SMILES string of the molecule is COc1cccc(NC(=O)c2cc3c4c(c2)CCN4C(=O)CC3)c1. The smallest absolute Gasteiger partial charge is 0.255 e. The Labute approximate surface area is 140 Å². The van der Waals surface area contributed by atoms with Crippen molar-refractivity contribution < 1.29 is 14.3 Å². The predicted octanol–water partition coefficient (Wildman–Crippen LogP) is 2.78. The highest BCUT2D eigenvalue weighted by Gasteiger charge is 2.31. The topological polar surface area (TPSA) is 58.6 Å². The van der Waals surface area contributed by atoms with Gasteiger partial charge in [-0.3, -0.25) is 9.59 Å². The molecule has 2 aliphatic heterocycles. The van der Waals surface area contributed by atoms with Gasteiger partial charge in [0.25, 0.3) is 5.91 Å². The second-order valence-electron chi connectivity index (χ2n) is 6.12. The number of rotatable bonds is 3. The van der Waals surface area contributed by atoms with Crippen LogP contribution in [0.2, 0.25) is 0 Å². The molecule has 1 N–H and O–H groups in total. The molecule has 0 aromatic heterocycles. The van der Waals surface area contributed by atoms with E-state index in [1.165, 1.54) is 0 Å². The van der Waals surface area contributed by atoms with Crippen LogP contribution in [0.4, 0.5) is 11.4 Å². The third-order valence-corrected chi connectivity index (χ3v) is 4.64. The Morgan fingerprint density at radius 2 is 1.92 bits per heavy atom.